The van der Waals surface area contributed by atoms with Gasteiger partial charge in [0.25, 0.3) is 5.09 Å². The summed E-state index contributed by atoms with van der Waals surface area (Å²) in [6.45, 7) is 3.10. The van der Waals surface area contributed by atoms with Crippen LogP contribution in [0.5, 0.6) is 0 Å². The molecular weight excluding hydrogens is 469 g/mol. The van der Waals surface area contributed by atoms with Crippen LogP contribution >= 0.6 is 46.6 Å². The summed E-state index contributed by atoms with van der Waals surface area (Å²) in [6, 6.07) is 13.7. The van der Waals surface area contributed by atoms with Crippen molar-refractivity contribution in [3.63, 3.8) is 0 Å². The summed E-state index contributed by atoms with van der Waals surface area (Å²) < 4.78 is 2.05. The average molecular weight is 489 g/mol. The van der Waals surface area contributed by atoms with Gasteiger partial charge in [-0.05, 0) is 55.7 Å². The fourth-order valence-corrected chi connectivity index (χ4v) is 4.70. The zero-order chi connectivity index (χ0) is 22.1. The summed E-state index contributed by atoms with van der Waals surface area (Å²) in [4.78, 5) is 13.6. The quantitative estimate of drug-likeness (QED) is 0.228. The van der Waals surface area contributed by atoms with Gasteiger partial charge < -0.3 is 9.77 Å². The Bertz CT molecular complexity index is 952. The second-order valence-electron chi connectivity index (χ2n) is 6.73. The first-order chi connectivity index (χ1) is 14.2. The third kappa shape index (κ3) is 8.44. The van der Waals surface area contributed by atoms with E-state index in [4.69, 9.17) is 50.1 Å². The molecule has 0 saturated carbocycles. The molecule has 30 heavy (non-hydrogen) atoms. The molecule has 160 valence electrons. The molecule has 6 nitrogen and oxygen atoms in total. The molecule has 0 aliphatic heterocycles. The number of aromatic nitrogens is 2. The molecule has 3 aromatic rings. The van der Waals surface area contributed by atoms with Crippen molar-refractivity contribution < 1.29 is 10.3 Å². The maximum absolute atomic E-state index is 8.36. The molecule has 0 saturated heterocycles. The molecule has 1 atom stereocenters. The normalized spacial score (nSPS) is 12.5. The molecule has 10 heteroatoms. The minimum atomic E-state index is -1.50. The summed E-state index contributed by atoms with van der Waals surface area (Å²) in [5.74, 6) is 0. The van der Waals surface area contributed by atoms with Crippen LogP contribution in [-0.4, -0.2) is 24.6 Å². The van der Waals surface area contributed by atoms with E-state index < -0.39 is 5.09 Å². The average Bonchev–Trinajstić information content (AvgIpc) is 3.16. The molecule has 0 bridgehead atoms. The predicted octanol–water partition coefficient (Wildman–Crippen LogP) is 6.68. The lowest BCUT2D eigenvalue weighted by molar-refractivity contribution is -0.742. The van der Waals surface area contributed by atoms with Gasteiger partial charge in [-0.1, -0.05) is 46.9 Å². The second kappa shape index (κ2) is 11.5. The van der Waals surface area contributed by atoms with Crippen molar-refractivity contribution in [2.75, 3.05) is 0 Å². The smallest absolute Gasteiger partial charge is 0.291 e. The molecular formula is C20H20Cl3N3O3S. The van der Waals surface area contributed by atoms with Gasteiger partial charge >= 0.3 is 0 Å². The van der Waals surface area contributed by atoms with Crippen molar-refractivity contribution in [3.05, 3.63) is 91.9 Å². The molecule has 0 radical (unpaired) electrons. The minimum absolute atomic E-state index is 0.0577. The van der Waals surface area contributed by atoms with Crippen LogP contribution in [0.25, 0.3) is 0 Å². The number of nitrogens with zero attached hydrogens (tertiary/aromatic N) is 3. The molecule has 1 heterocycles. The molecule has 0 fully saturated rings. The third-order valence-electron chi connectivity index (χ3n) is 4.18. The summed E-state index contributed by atoms with van der Waals surface area (Å²) in [5.41, 5.74) is 1.27. The number of thioether (sulfide) groups is 1. The number of aryl methyl sites for hydroxylation is 1. The number of halogens is 3. The first-order valence-electron chi connectivity index (χ1n) is 8.84. The van der Waals surface area contributed by atoms with Crippen LogP contribution in [-0.2, 0) is 13.0 Å². The van der Waals surface area contributed by atoms with Crippen molar-refractivity contribution in [2.45, 2.75) is 36.0 Å². The summed E-state index contributed by atoms with van der Waals surface area (Å²) in [7, 11) is 0. The van der Waals surface area contributed by atoms with Crippen LogP contribution in [0.1, 0.15) is 18.9 Å². The monoisotopic (exact) mass is 487 g/mol. The predicted molar refractivity (Wildman–Crippen MR) is 122 cm³/mol. The van der Waals surface area contributed by atoms with E-state index in [1.54, 1.807) is 24.0 Å². The van der Waals surface area contributed by atoms with Crippen LogP contribution in [0, 0.1) is 10.1 Å². The number of benzene rings is 2. The van der Waals surface area contributed by atoms with Crippen LogP contribution < -0.4 is 0 Å². The van der Waals surface area contributed by atoms with Crippen LogP contribution in [0.3, 0.4) is 0 Å². The largest absolute Gasteiger partial charge is 0.336 e. The topological polar surface area (TPSA) is 81.2 Å². The van der Waals surface area contributed by atoms with Gasteiger partial charge in [-0.3, -0.25) is 0 Å². The number of hydrogen-bond donors (Lipinski definition) is 1. The van der Waals surface area contributed by atoms with E-state index in [9.17, 15) is 0 Å². The highest BCUT2D eigenvalue weighted by Gasteiger charge is 2.27. The standard InChI is InChI=1S/C20H19Cl3N2S.HNO3/c1-20(13-25-11-10-24-14-25,9-8-15-2-4-16(21)5-3-15)26-19-7-6-17(22)12-18(19)23;2-1(3)4/h2-7,10-12,14H,8-9,13H2,1H3;(H,2,3,4). The van der Waals surface area contributed by atoms with Crippen molar-refractivity contribution in [2.24, 2.45) is 0 Å². The lowest BCUT2D eigenvalue weighted by Crippen LogP contribution is -2.27. The molecule has 1 unspecified atom stereocenters. The Hall–Kier alpha value is -1.93. The van der Waals surface area contributed by atoms with E-state index >= 15 is 0 Å². The van der Waals surface area contributed by atoms with Crippen molar-refractivity contribution in [3.8, 4) is 0 Å². The highest BCUT2D eigenvalue weighted by molar-refractivity contribution is 8.00. The SMILES string of the molecule is CC(CCc1ccc(Cl)cc1)(Cn1ccnc1)Sc1ccc(Cl)cc1Cl.O=[N+]([O-])O. The second-order valence-corrected chi connectivity index (χ2v) is 9.64. The van der Waals surface area contributed by atoms with Crippen molar-refractivity contribution in [1.82, 2.24) is 9.55 Å². The molecule has 0 aliphatic rings. The number of rotatable bonds is 7. The third-order valence-corrected chi connectivity index (χ3v) is 6.50. The summed E-state index contributed by atoms with van der Waals surface area (Å²) >= 11 is 20.2. The molecule has 1 aromatic heterocycles. The van der Waals surface area contributed by atoms with Gasteiger partial charge in [0.05, 0.1) is 11.3 Å². The lowest BCUT2D eigenvalue weighted by atomic mass is 10.00. The molecule has 1 N–H and O–H groups in total. The van der Waals surface area contributed by atoms with Crippen LogP contribution in [0.15, 0.2) is 66.1 Å². The Morgan fingerprint density at radius 2 is 1.80 bits per heavy atom. The minimum Gasteiger partial charge on any atom is -0.336 e. The highest BCUT2D eigenvalue weighted by atomic mass is 35.5. The van der Waals surface area contributed by atoms with Crippen molar-refractivity contribution in [1.29, 1.82) is 0 Å². The van der Waals surface area contributed by atoms with Gasteiger partial charge in [0, 0.05) is 38.6 Å². The molecule has 0 spiro atoms. The maximum Gasteiger partial charge on any atom is 0.291 e. The number of imidazole rings is 1. The van der Waals surface area contributed by atoms with E-state index in [0.29, 0.717) is 10.0 Å². The van der Waals surface area contributed by atoms with E-state index in [2.05, 4.69) is 28.6 Å². The van der Waals surface area contributed by atoms with Crippen LogP contribution in [0.2, 0.25) is 15.1 Å². The Balaban J connectivity index is 0.000000735. The zero-order valence-corrected chi connectivity index (χ0v) is 19.1. The van der Waals surface area contributed by atoms with Gasteiger partial charge in [0.15, 0.2) is 0 Å². The Kier molecular flexibility index (Phi) is 9.30. The summed E-state index contributed by atoms with van der Waals surface area (Å²) in [6.07, 6.45) is 7.59. The van der Waals surface area contributed by atoms with Gasteiger partial charge in [-0.2, -0.15) is 0 Å². The first kappa shape index (κ1) is 24.3. The summed E-state index contributed by atoms with van der Waals surface area (Å²) in [5, 5.41) is 15.7. The molecule has 0 aliphatic carbocycles. The van der Waals surface area contributed by atoms with Crippen LogP contribution in [0.4, 0.5) is 0 Å². The van der Waals surface area contributed by atoms with Gasteiger partial charge in [0.2, 0.25) is 0 Å². The van der Waals surface area contributed by atoms with Gasteiger partial charge in [0.1, 0.15) is 0 Å². The Morgan fingerprint density at radius 1 is 1.17 bits per heavy atom. The number of hydrogen-bond acceptors (Lipinski definition) is 4. The Morgan fingerprint density at radius 3 is 2.37 bits per heavy atom. The van der Waals surface area contributed by atoms with E-state index in [0.717, 1.165) is 29.3 Å². The van der Waals surface area contributed by atoms with Gasteiger partial charge in [-0.15, -0.1) is 21.9 Å². The molecule has 0 amide bonds. The fraction of sp³-hybridized carbons (Fsp3) is 0.250. The molecule has 2 aromatic carbocycles. The van der Waals surface area contributed by atoms with E-state index in [-0.39, 0.29) is 4.75 Å². The lowest BCUT2D eigenvalue weighted by Gasteiger charge is -2.30. The molecule has 3 rings (SSSR count). The van der Waals surface area contributed by atoms with Crippen molar-refractivity contribution >= 4 is 46.6 Å². The zero-order valence-electron chi connectivity index (χ0n) is 16.0. The van der Waals surface area contributed by atoms with E-state index in [1.165, 1.54) is 5.56 Å². The first-order valence-corrected chi connectivity index (χ1v) is 10.8. The van der Waals surface area contributed by atoms with Gasteiger partial charge in [-0.25, -0.2) is 4.98 Å². The fourth-order valence-electron chi connectivity index (χ4n) is 2.81. The van der Waals surface area contributed by atoms with E-state index in [1.807, 2.05) is 36.8 Å². The highest BCUT2D eigenvalue weighted by Crippen LogP contribution is 2.41. The Labute approximate surface area is 193 Å². The maximum atomic E-state index is 8.36.